The zero-order valence-electron chi connectivity index (χ0n) is 15.1. The smallest absolute Gasteiger partial charge is 0.247 e. The van der Waals surface area contributed by atoms with E-state index in [4.69, 9.17) is 0 Å². The van der Waals surface area contributed by atoms with Gasteiger partial charge >= 0.3 is 0 Å². The van der Waals surface area contributed by atoms with Crippen molar-refractivity contribution in [2.24, 2.45) is 0 Å². The predicted octanol–water partition coefficient (Wildman–Crippen LogP) is 4.59. The van der Waals surface area contributed by atoms with E-state index in [1.807, 2.05) is 31.2 Å². The number of aryl methyl sites for hydroxylation is 1. The van der Waals surface area contributed by atoms with Gasteiger partial charge in [0.15, 0.2) is 11.6 Å². The molecule has 0 bridgehead atoms. The van der Waals surface area contributed by atoms with Crippen molar-refractivity contribution in [3.05, 3.63) is 95.1 Å². The summed E-state index contributed by atoms with van der Waals surface area (Å²) in [7, 11) is -3.86. The van der Waals surface area contributed by atoms with Gasteiger partial charge in [-0.1, -0.05) is 48.0 Å². The molecule has 3 aromatic carbocycles. The molecule has 1 atom stereocenters. The summed E-state index contributed by atoms with van der Waals surface area (Å²) in [6, 6.07) is 17.5. The van der Waals surface area contributed by atoms with Gasteiger partial charge in [-0.25, -0.2) is 17.2 Å². The van der Waals surface area contributed by atoms with Gasteiger partial charge in [-0.2, -0.15) is 4.31 Å². The van der Waals surface area contributed by atoms with E-state index < -0.39 is 27.8 Å². The van der Waals surface area contributed by atoms with Gasteiger partial charge in [-0.05, 0) is 42.3 Å². The summed E-state index contributed by atoms with van der Waals surface area (Å²) in [5.74, 6) is -2.00. The number of para-hydroxylation sites is 1. The standard InChI is InChI=1S/C21H18F2N2O2S/c1-14-6-8-15(9-7-14)13-25-21(16-10-11-17(22)18(23)12-16)24-19-4-2-3-5-20(19)28(25,26)27/h2-12,21,24H,13H2,1H3. The summed E-state index contributed by atoms with van der Waals surface area (Å²) in [6.07, 6.45) is -0.865. The molecule has 0 amide bonds. The molecule has 1 heterocycles. The Balaban J connectivity index is 1.83. The van der Waals surface area contributed by atoms with Crippen LogP contribution in [-0.2, 0) is 16.6 Å². The molecular weight excluding hydrogens is 382 g/mol. The highest BCUT2D eigenvalue weighted by Crippen LogP contribution is 2.39. The van der Waals surface area contributed by atoms with Crippen LogP contribution in [0.5, 0.6) is 0 Å². The molecule has 0 fully saturated rings. The maximum atomic E-state index is 13.9. The second-order valence-corrected chi connectivity index (χ2v) is 8.61. The number of anilines is 1. The largest absolute Gasteiger partial charge is 0.364 e. The molecule has 1 aliphatic rings. The average molecular weight is 400 g/mol. The molecule has 4 nitrogen and oxygen atoms in total. The van der Waals surface area contributed by atoms with Gasteiger partial charge in [0.1, 0.15) is 11.1 Å². The monoisotopic (exact) mass is 400 g/mol. The number of benzene rings is 3. The zero-order valence-corrected chi connectivity index (χ0v) is 15.9. The lowest BCUT2D eigenvalue weighted by Gasteiger charge is -2.37. The van der Waals surface area contributed by atoms with Crippen molar-refractivity contribution in [2.45, 2.75) is 24.5 Å². The third-order valence-electron chi connectivity index (χ3n) is 4.77. The van der Waals surface area contributed by atoms with Gasteiger partial charge < -0.3 is 5.32 Å². The van der Waals surface area contributed by atoms with Crippen LogP contribution in [0.2, 0.25) is 0 Å². The van der Waals surface area contributed by atoms with Crippen molar-refractivity contribution in [1.29, 1.82) is 0 Å². The summed E-state index contributed by atoms with van der Waals surface area (Å²) < 4.78 is 55.2. The molecule has 144 valence electrons. The number of halogens is 2. The van der Waals surface area contributed by atoms with Crippen molar-refractivity contribution < 1.29 is 17.2 Å². The maximum Gasteiger partial charge on any atom is 0.247 e. The molecule has 0 radical (unpaired) electrons. The first-order valence-corrected chi connectivity index (χ1v) is 10.2. The first-order valence-electron chi connectivity index (χ1n) is 8.74. The fourth-order valence-corrected chi connectivity index (χ4v) is 4.96. The van der Waals surface area contributed by atoms with E-state index in [0.29, 0.717) is 11.3 Å². The Kier molecular flexibility index (Phi) is 4.64. The number of hydrogen-bond donors (Lipinski definition) is 1. The lowest BCUT2D eigenvalue weighted by Crippen LogP contribution is -2.42. The lowest BCUT2D eigenvalue weighted by atomic mass is 10.1. The number of fused-ring (bicyclic) bond motifs is 1. The highest BCUT2D eigenvalue weighted by Gasteiger charge is 2.39. The Morgan fingerprint density at radius 1 is 0.964 bits per heavy atom. The fourth-order valence-electron chi connectivity index (χ4n) is 3.28. The fraction of sp³-hybridized carbons (Fsp3) is 0.143. The van der Waals surface area contributed by atoms with Crippen LogP contribution in [0, 0.1) is 18.6 Å². The lowest BCUT2D eigenvalue weighted by molar-refractivity contribution is 0.335. The van der Waals surface area contributed by atoms with Crippen LogP contribution in [0.25, 0.3) is 0 Å². The van der Waals surface area contributed by atoms with E-state index in [-0.39, 0.29) is 11.4 Å². The third-order valence-corrected chi connectivity index (χ3v) is 6.64. The molecule has 4 rings (SSSR count). The maximum absolute atomic E-state index is 13.9. The van der Waals surface area contributed by atoms with E-state index in [1.165, 1.54) is 16.4 Å². The molecule has 1 aliphatic heterocycles. The highest BCUT2D eigenvalue weighted by molar-refractivity contribution is 7.89. The summed E-state index contributed by atoms with van der Waals surface area (Å²) >= 11 is 0. The van der Waals surface area contributed by atoms with Crippen LogP contribution >= 0.6 is 0 Å². The molecule has 28 heavy (non-hydrogen) atoms. The first-order chi connectivity index (χ1) is 13.4. The van der Waals surface area contributed by atoms with Gasteiger partial charge in [0.2, 0.25) is 10.0 Å². The summed E-state index contributed by atoms with van der Waals surface area (Å²) in [6.45, 7) is 2.04. The minimum atomic E-state index is -3.86. The third kappa shape index (κ3) is 3.27. The van der Waals surface area contributed by atoms with Crippen LogP contribution in [0.3, 0.4) is 0 Å². The summed E-state index contributed by atoms with van der Waals surface area (Å²) in [5, 5.41) is 3.15. The van der Waals surface area contributed by atoms with Crippen LogP contribution in [0.1, 0.15) is 22.9 Å². The number of sulfonamides is 1. The van der Waals surface area contributed by atoms with Crippen LogP contribution in [0.4, 0.5) is 14.5 Å². The number of rotatable bonds is 3. The molecule has 7 heteroatoms. The number of nitrogens with zero attached hydrogens (tertiary/aromatic N) is 1. The molecule has 1 unspecified atom stereocenters. The van der Waals surface area contributed by atoms with E-state index in [9.17, 15) is 17.2 Å². The van der Waals surface area contributed by atoms with E-state index in [2.05, 4.69) is 5.32 Å². The second kappa shape index (κ2) is 7.00. The quantitative estimate of drug-likeness (QED) is 0.700. The molecule has 0 aliphatic carbocycles. The van der Waals surface area contributed by atoms with Gasteiger partial charge in [-0.3, -0.25) is 0 Å². The Morgan fingerprint density at radius 3 is 2.39 bits per heavy atom. The SMILES string of the molecule is Cc1ccc(CN2C(c3ccc(F)c(F)c3)Nc3ccccc3S2(=O)=O)cc1. The minimum absolute atomic E-state index is 0.0909. The van der Waals surface area contributed by atoms with Crippen LogP contribution < -0.4 is 5.32 Å². The summed E-state index contributed by atoms with van der Waals surface area (Å²) in [4.78, 5) is 0.154. The first kappa shape index (κ1) is 18.6. The average Bonchev–Trinajstić information content (AvgIpc) is 2.68. The molecule has 0 saturated heterocycles. The summed E-state index contributed by atoms with van der Waals surface area (Å²) in [5.41, 5.74) is 2.61. The molecule has 0 aromatic heterocycles. The molecule has 0 spiro atoms. The van der Waals surface area contributed by atoms with Gasteiger partial charge in [-0.15, -0.1) is 0 Å². The minimum Gasteiger partial charge on any atom is -0.364 e. The molecule has 0 saturated carbocycles. The Bertz CT molecular complexity index is 1130. The highest BCUT2D eigenvalue weighted by atomic mass is 32.2. The van der Waals surface area contributed by atoms with Gasteiger partial charge in [0.05, 0.1) is 5.69 Å². The van der Waals surface area contributed by atoms with Crippen molar-refractivity contribution in [2.75, 3.05) is 5.32 Å². The number of hydrogen-bond acceptors (Lipinski definition) is 3. The zero-order chi connectivity index (χ0) is 19.9. The van der Waals surface area contributed by atoms with Crippen molar-refractivity contribution in [3.63, 3.8) is 0 Å². The van der Waals surface area contributed by atoms with Crippen LogP contribution in [0.15, 0.2) is 71.6 Å². The topological polar surface area (TPSA) is 49.4 Å². The molecule has 1 N–H and O–H groups in total. The van der Waals surface area contributed by atoms with Crippen molar-refractivity contribution >= 4 is 15.7 Å². The van der Waals surface area contributed by atoms with E-state index in [1.54, 1.807) is 18.2 Å². The van der Waals surface area contributed by atoms with Crippen molar-refractivity contribution in [1.82, 2.24) is 4.31 Å². The Labute approximate surface area is 162 Å². The van der Waals surface area contributed by atoms with E-state index in [0.717, 1.165) is 23.3 Å². The normalized spacial score (nSPS) is 18.3. The van der Waals surface area contributed by atoms with Crippen molar-refractivity contribution in [3.8, 4) is 0 Å². The Morgan fingerprint density at radius 2 is 1.68 bits per heavy atom. The predicted molar refractivity (Wildman–Crippen MR) is 103 cm³/mol. The van der Waals surface area contributed by atoms with Gasteiger partial charge in [0, 0.05) is 6.54 Å². The van der Waals surface area contributed by atoms with Crippen LogP contribution in [-0.4, -0.2) is 12.7 Å². The molecular formula is C21H18F2N2O2S. The van der Waals surface area contributed by atoms with Gasteiger partial charge in [0.25, 0.3) is 0 Å². The Hall–Kier alpha value is -2.77. The molecule has 3 aromatic rings. The number of nitrogens with one attached hydrogen (secondary N) is 1. The van der Waals surface area contributed by atoms with E-state index >= 15 is 0 Å². The second-order valence-electron chi connectivity index (χ2n) is 6.75.